The molecule has 0 saturated heterocycles. The second-order valence-corrected chi connectivity index (χ2v) is 20.6. The average Bonchev–Trinajstić information content (AvgIpc) is 3.28. The molecule has 0 aliphatic rings. The van der Waals surface area contributed by atoms with Crippen LogP contribution < -0.4 is 5.73 Å². The predicted octanol–water partition coefficient (Wildman–Crippen LogP) is 17.6. The van der Waals surface area contributed by atoms with Crippen LogP contribution in [0.5, 0.6) is 0 Å². The van der Waals surface area contributed by atoms with Gasteiger partial charge in [-0.2, -0.15) is 0 Å². The molecular weight excluding hydrogens is 806 g/mol. The first-order valence-corrected chi connectivity index (χ1v) is 29.5. The topological polar surface area (TPSA) is 117 Å². The van der Waals surface area contributed by atoms with Gasteiger partial charge in [-0.1, -0.05) is 284 Å². The lowest BCUT2D eigenvalue weighted by molar-refractivity contribution is -0.154. The van der Waals surface area contributed by atoms with Crippen LogP contribution in [-0.4, -0.2) is 49.9 Å². The van der Waals surface area contributed by atoms with E-state index in [1.54, 1.807) is 0 Å². The maximum Gasteiger partial charge on any atom is 0.472 e. The summed E-state index contributed by atoms with van der Waals surface area (Å²) in [6, 6.07) is 0. The van der Waals surface area contributed by atoms with Gasteiger partial charge in [0.15, 0.2) is 0 Å². The van der Waals surface area contributed by atoms with E-state index < -0.39 is 13.9 Å². The van der Waals surface area contributed by atoms with E-state index in [4.69, 9.17) is 24.3 Å². The minimum absolute atomic E-state index is 0.0895. The van der Waals surface area contributed by atoms with Crippen molar-refractivity contribution in [2.24, 2.45) is 5.73 Å². The lowest BCUT2D eigenvalue weighted by Gasteiger charge is -2.20. The van der Waals surface area contributed by atoms with E-state index in [1.165, 1.54) is 250 Å². The van der Waals surface area contributed by atoms with Crippen molar-refractivity contribution in [3.05, 3.63) is 0 Å². The van der Waals surface area contributed by atoms with Crippen molar-refractivity contribution < 1.29 is 32.8 Å². The zero-order chi connectivity index (χ0) is 45.8. The quantitative estimate of drug-likeness (QED) is 0.0352. The van der Waals surface area contributed by atoms with Crippen LogP contribution in [0.25, 0.3) is 0 Å². The van der Waals surface area contributed by atoms with E-state index in [0.29, 0.717) is 13.0 Å². The molecule has 0 aliphatic heterocycles. The van der Waals surface area contributed by atoms with Crippen molar-refractivity contribution in [3.63, 3.8) is 0 Å². The Morgan fingerprint density at radius 3 is 1.00 bits per heavy atom. The van der Waals surface area contributed by atoms with Crippen molar-refractivity contribution in [3.8, 4) is 0 Å². The van der Waals surface area contributed by atoms with Crippen molar-refractivity contribution in [2.45, 2.75) is 309 Å². The number of rotatable bonds is 55. The van der Waals surface area contributed by atoms with E-state index in [2.05, 4.69) is 13.8 Å². The standard InChI is InChI=1S/C54H110NO7P/c1-3-5-7-9-11-13-15-17-19-21-23-25-26-27-28-29-31-33-35-37-39-41-43-45-47-54(56)62-53(52-61-63(57,58)60-50-48-55)51-59-49-46-44-42-40-38-36-34-32-30-24-22-20-18-16-14-12-10-8-6-4-2/h53H,3-52,55H2,1-2H3,(H,57,58). The summed E-state index contributed by atoms with van der Waals surface area (Å²) in [7, 11) is -4.28. The van der Waals surface area contributed by atoms with E-state index in [1.807, 2.05) is 0 Å². The zero-order valence-electron chi connectivity index (χ0n) is 42.4. The highest BCUT2D eigenvalue weighted by Gasteiger charge is 2.25. The third-order valence-corrected chi connectivity index (χ3v) is 13.8. The molecule has 0 aliphatic carbocycles. The van der Waals surface area contributed by atoms with Crippen LogP contribution >= 0.6 is 7.82 Å². The van der Waals surface area contributed by atoms with Crippen molar-refractivity contribution >= 4 is 13.8 Å². The van der Waals surface area contributed by atoms with Gasteiger partial charge in [-0.05, 0) is 12.8 Å². The maximum absolute atomic E-state index is 12.7. The minimum Gasteiger partial charge on any atom is -0.457 e. The molecule has 0 aromatic carbocycles. The summed E-state index contributed by atoms with van der Waals surface area (Å²) < 4.78 is 33.7. The molecule has 0 radical (unpaired) electrons. The van der Waals surface area contributed by atoms with E-state index in [-0.39, 0.29) is 32.3 Å². The van der Waals surface area contributed by atoms with Crippen LogP contribution in [0.3, 0.4) is 0 Å². The number of carbonyl (C=O) groups is 1. The van der Waals surface area contributed by atoms with E-state index in [9.17, 15) is 14.3 Å². The van der Waals surface area contributed by atoms with Crippen LogP contribution in [0.4, 0.5) is 0 Å². The Bertz CT molecular complexity index is 940. The second kappa shape index (κ2) is 52.5. The third kappa shape index (κ3) is 52.3. The van der Waals surface area contributed by atoms with Gasteiger partial charge < -0.3 is 20.1 Å². The number of carbonyl (C=O) groups excluding carboxylic acids is 1. The van der Waals surface area contributed by atoms with Crippen molar-refractivity contribution in [1.29, 1.82) is 0 Å². The van der Waals surface area contributed by atoms with Gasteiger partial charge in [0.1, 0.15) is 6.10 Å². The molecule has 0 heterocycles. The fourth-order valence-corrected chi connectivity index (χ4v) is 9.41. The van der Waals surface area contributed by atoms with Crippen LogP contribution in [0.1, 0.15) is 303 Å². The Labute approximate surface area is 392 Å². The number of phosphoric ester groups is 1. The highest BCUT2D eigenvalue weighted by atomic mass is 31.2. The first-order valence-electron chi connectivity index (χ1n) is 28.0. The first kappa shape index (κ1) is 62.5. The van der Waals surface area contributed by atoms with Gasteiger partial charge in [0.25, 0.3) is 0 Å². The SMILES string of the molecule is CCCCCCCCCCCCCCCCCCCCCCCCCCC(=O)OC(COCCCCCCCCCCCCCCCCCCCCCC)COP(=O)(O)OCCN. The lowest BCUT2D eigenvalue weighted by Crippen LogP contribution is -2.28. The van der Waals surface area contributed by atoms with Crippen LogP contribution in [0, 0.1) is 0 Å². The highest BCUT2D eigenvalue weighted by molar-refractivity contribution is 7.47. The van der Waals surface area contributed by atoms with Crippen molar-refractivity contribution in [2.75, 3.05) is 33.0 Å². The van der Waals surface area contributed by atoms with E-state index >= 15 is 0 Å². The molecule has 0 rings (SSSR count). The smallest absolute Gasteiger partial charge is 0.457 e. The molecule has 0 spiro atoms. The number of unbranched alkanes of at least 4 members (excludes halogenated alkanes) is 42. The van der Waals surface area contributed by atoms with Gasteiger partial charge in [-0.3, -0.25) is 13.8 Å². The van der Waals surface area contributed by atoms with Gasteiger partial charge in [-0.25, -0.2) is 4.57 Å². The Hall–Kier alpha value is -0.500. The fourth-order valence-electron chi connectivity index (χ4n) is 8.65. The largest absolute Gasteiger partial charge is 0.472 e. The molecule has 9 heteroatoms. The molecule has 0 aromatic heterocycles. The van der Waals surface area contributed by atoms with Crippen LogP contribution in [0.2, 0.25) is 0 Å². The summed E-state index contributed by atoms with van der Waals surface area (Å²) in [5.41, 5.74) is 5.40. The number of esters is 1. The molecule has 0 amide bonds. The summed E-state index contributed by atoms with van der Waals surface area (Å²) in [4.78, 5) is 22.6. The highest BCUT2D eigenvalue weighted by Crippen LogP contribution is 2.43. The second-order valence-electron chi connectivity index (χ2n) is 19.2. The van der Waals surface area contributed by atoms with Crippen molar-refractivity contribution in [1.82, 2.24) is 0 Å². The summed E-state index contributed by atoms with van der Waals surface area (Å²) in [6.45, 7) is 5.02. The molecule has 0 fully saturated rings. The molecule has 8 nitrogen and oxygen atoms in total. The number of hydrogen-bond acceptors (Lipinski definition) is 7. The fraction of sp³-hybridized carbons (Fsp3) is 0.981. The van der Waals surface area contributed by atoms with Gasteiger partial charge in [0.05, 0.1) is 19.8 Å². The summed E-state index contributed by atoms with van der Waals surface area (Å²) in [5.74, 6) is -0.319. The number of nitrogens with two attached hydrogens (primary N) is 1. The Balaban J connectivity index is 3.83. The number of hydrogen-bond donors (Lipinski definition) is 2. The Morgan fingerprint density at radius 2 is 0.698 bits per heavy atom. The monoisotopic (exact) mass is 916 g/mol. The van der Waals surface area contributed by atoms with Gasteiger partial charge in [0.2, 0.25) is 0 Å². The molecule has 0 bridgehead atoms. The number of ether oxygens (including phenoxy) is 2. The normalized spacial score (nSPS) is 13.1. The molecule has 0 saturated carbocycles. The average molecular weight is 916 g/mol. The first-order chi connectivity index (χ1) is 30.9. The Kier molecular flexibility index (Phi) is 52.1. The minimum atomic E-state index is -4.28. The summed E-state index contributed by atoms with van der Waals surface area (Å²) >= 11 is 0. The van der Waals surface area contributed by atoms with Gasteiger partial charge in [-0.15, -0.1) is 0 Å². The molecular formula is C54H110NO7P. The zero-order valence-corrected chi connectivity index (χ0v) is 43.2. The number of phosphoric acid groups is 1. The van der Waals surface area contributed by atoms with Gasteiger partial charge >= 0.3 is 13.8 Å². The predicted molar refractivity (Wildman–Crippen MR) is 271 cm³/mol. The Morgan fingerprint density at radius 1 is 0.413 bits per heavy atom. The van der Waals surface area contributed by atoms with E-state index in [0.717, 1.165) is 32.1 Å². The maximum atomic E-state index is 12.7. The molecule has 2 unspecified atom stereocenters. The van der Waals surface area contributed by atoms with Crippen LogP contribution in [0.15, 0.2) is 0 Å². The summed E-state index contributed by atoms with van der Waals surface area (Å²) in [6.07, 6.45) is 58.7. The molecule has 2 atom stereocenters. The molecule has 3 N–H and O–H groups in total. The molecule has 378 valence electrons. The lowest BCUT2D eigenvalue weighted by atomic mass is 10.0. The van der Waals surface area contributed by atoms with Crippen LogP contribution in [-0.2, 0) is 27.9 Å². The third-order valence-electron chi connectivity index (χ3n) is 12.8. The molecule has 63 heavy (non-hydrogen) atoms. The molecule has 0 aromatic rings. The van der Waals surface area contributed by atoms with Gasteiger partial charge in [0, 0.05) is 19.6 Å². The summed E-state index contributed by atoms with van der Waals surface area (Å²) in [5, 5.41) is 0.